The minimum atomic E-state index is -2.95. The van der Waals surface area contributed by atoms with Crippen LogP contribution in [0.1, 0.15) is 55.9 Å². The van der Waals surface area contributed by atoms with Crippen molar-refractivity contribution in [3.8, 4) is 0 Å². The monoisotopic (exact) mass is 601 g/mol. The zero-order valence-corrected chi connectivity index (χ0v) is 25.6. The molecular weight excluding hydrogens is 558 g/mol. The van der Waals surface area contributed by atoms with Crippen molar-refractivity contribution in [1.82, 2.24) is 24.6 Å². The van der Waals surface area contributed by atoms with Gasteiger partial charge in [0.15, 0.2) is 9.84 Å². The van der Waals surface area contributed by atoms with Gasteiger partial charge in [0.1, 0.15) is 5.56 Å². The number of aromatic nitrogens is 1. The van der Waals surface area contributed by atoms with E-state index < -0.39 is 9.84 Å². The summed E-state index contributed by atoms with van der Waals surface area (Å²) in [4.78, 5) is 45.5. The van der Waals surface area contributed by atoms with Gasteiger partial charge in [-0.3, -0.25) is 19.4 Å². The number of piperidine rings is 1. The Morgan fingerprint density at radius 1 is 1.05 bits per heavy atom. The Balaban J connectivity index is 1.18. The number of methoxy groups -OCH3 is 1. The lowest BCUT2D eigenvalue weighted by molar-refractivity contribution is 0.0758. The lowest BCUT2D eigenvalue weighted by Crippen LogP contribution is -2.53. The number of pyridine rings is 1. The van der Waals surface area contributed by atoms with E-state index in [9.17, 15) is 22.8 Å². The molecule has 3 aliphatic rings. The van der Waals surface area contributed by atoms with Crippen LogP contribution in [-0.2, 0) is 14.6 Å². The van der Waals surface area contributed by atoms with Crippen LogP contribution in [0.15, 0.2) is 35.1 Å². The van der Waals surface area contributed by atoms with E-state index in [4.69, 9.17) is 4.74 Å². The molecule has 42 heavy (non-hydrogen) atoms. The Morgan fingerprint density at radius 2 is 1.69 bits per heavy atom. The van der Waals surface area contributed by atoms with Crippen molar-refractivity contribution in [3.63, 3.8) is 0 Å². The third kappa shape index (κ3) is 6.65. The molecule has 3 atom stereocenters. The second-order valence-corrected chi connectivity index (χ2v) is 14.4. The third-order valence-electron chi connectivity index (χ3n) is 9.11. The first-order chi connectivity index (χ1) is 20.1. The number of carbonyl (C=O) groups is 2. The van der Waals surface area contributed by atoms with Crippen molar-refractivity contribution >= 4 is 32.7 Å². The Hall–Kier alpha value is -2.96. The molecule has 11 nitrogen and oxygen atoms in total. The number of rotatable bonds is 9. The van der Waals surface area contributed by atoms with E-state index in [-0.39, 0.29) is 46.7 Å². The summed E-state index contributed by atoms with van der Waals surface area (Å²) >= 11 is 0. The van der Waals surface area contributed by atoms with Gasteiger partial charge >= 0.3 is 6.09 Å². The van der Waals surface area contributed by atoms with E-state index in [2.05, 4.69) is 15.1 Å². The predicted octanol–water partition coefficient (Wildman–Crippen LogP) is 2.11. The van der Waals surface area contributed by atoms with Crippen LogP contribution in [0.5, 0.6) is 0 Å². The molecule has 0 aliphatic carbocycles. The van der Waals surface area contributed by atoms with Crippen LogP contribution < -0.4 is 10.9 Å². The van der Waals surface area contributed by atoms with Gasteiger partial charge < -0.3 is 19.5 Å². The van der Waals surface area contributed by atoms with Gasteiger partial charge in [-0.25, -0.2) is 13.2 Å². The second kappa shape index (κ2) is 12.7. The molecule has 230 valence electrons. The molecule has 1 aromatic carbocycles. The van der Waals surface area contributed by atoms with E-state index in [1.54, 1.807) is 15.5 Å². The first kappa shape index (κ1) is 30.5. The molecule has 2 aromatic rings. The molecule has 3 fully saturated rings. The summed E-state index contributed by atoms with van der Waals surface area (Å²) in [6.45, 7) is 7.20. The van der Waals surface area contributed by atoms with Crippen molar-refractivity contribution in [2.75, 3.05) is 57.9 Å². The second-order valence-electron chi connectivity index (χ2n) is 12.1. The number of ether oxygens (including phenoxy) is 1. The molecule has 3 aliphatic heterocycles. The van der Waals surface area contributed by atoms with Gasteiger partial charge in [0.25, 0.3) is 11.5 Å². The molecule has 0 spiro atoms. The molecule has 3 saturated heterocycles. The smallest absolute Gasteiger partial charge is 0.409 e. The van der Waals surface area contributed by atoms with Crippen molar-refractivity contribution in [1.29, 1.82) is 0 Å². The van der Waals surface area contributed by atoms with Gasteiger partial charge in [-0.05, 0) is 57.0 Å². The Morgan fingerprint density at radius 3 is 2.33 bits per heavy atom. The summed E-state index contributed by atoms with van der Waals surface area (Å²) in [6, 6.07) is 9.86. The maximum Gasteiger partial charge on any atom is 0.409 e. The van der Waals surface area contributed by atoms with Gasteiger partial charge in [0, 0.05) is 63.4 Å². The summed E-state index contributed by atoms with van der Waals surface area (Å²) in [7, 11) is -1.57. The standard InChI is InChI=1S/C30H43N5O6S/c1-21(2)35-27-7-5-4-6-22(27)18-26(29(35)37)28(36)31-23-19-24-8-9-25(20-23)34(24)13-12-33(30(38)41-3)11-10-32-14-16-42(39,40)17-15-32/h4-7,18,21,23-25H,8-17,19-20H2,1-3H3,(H,31,36)/t23-,24+,25-. The molecule has 2 bridgehead atoms. The number of sulfone groups is 1. The summed E-state index contributed by atoms with van der Waals surface area (Å²) in [5, 5.41) is 4.04. The van der Waals surface area contributed by atoms with Gasteiger partial charge in [-0.15, -0.1) is 0 Å². The predicted molar refractivity (Wildman–Crippen MR) is 162 cm³/mol. The highest BCUT2D eigenvalue weighted by Gasteiger charge is 2.41. The molecular formula is C30H43N5O6S. The maximum absolute atomic E-state index is 13.4. The van der Waals surface area contributed by atoms with E-state index in [0.29, 0.717) is 51.4 Å². The Labute approximate surface area is 247 Å². The summed E-state index contributed by atoms with van der Waals surface area (Å²) < 4.78 is 30.2. The van der Waals surface area contributed by atoms with Gasteiger partial charge in [0.2, 0.25) is 0 Å². The van der Waals surface area contributed by atoms with Crippen LogP contribution in [-0.4, -0.2) is 116 Å². The molecule has 0 unspecified atom stereocenters. The normalized spacial score (nSPS) is 24.1. The number of hydrogen-bond donors (Lipinski definition) is 1. The molecule has 5 rings (SSSR count). The zero-order chi connectivity index (χ0) is 30.0. The quantitative estimate of drug-likeness (QED) is 0.464. The van der Waals surface area contributed by atoms with Gasteiger partial charge in [-0.1, -0.05) is 18.2 Å². The fourth-order valence-electron chi connectivity index (χ4n) is 6.88. The first-order valence-electron chi connectivity index (χ1n) is 15.0. The van der Waals surface area contributed by atoms with Crippen LogP contribution in [0.25, 0.3) is 10.9 Å². The number of nitrogens with zero attached hydrogens (tertiary/aromatic N) is 4. The van der Waals surface area contributed by atoms with Crippen molar-refractivity contribution in [2.45, 2.75) is 63.7 Å². The van der Waals surface area contributed by atoms with E-state index >= 15 is 0 Å². The molecule has 12 heteroatoms. The summed E-state index contributed by atoms with van der Waals surface area (Å²) in [5.74, 6) is 0.00390. The molecule has 2 amide bonds. The van der Waals surface area contributed by atoms with Crippen LogP contribution >= 0.6 is 0 Å². The molecule has 1 N–H and O–H groups in total. The van der Waals surface area contributed by atoms with Gasteiger partial charge in [-0.2, -0.15) is 0 Å². The van der Waals surface area contributed by atoms with Crippen LogP contribution in [0, 0.1) is 0 Å². The third-order valence-corrected chi connectivity index (χ3v) is 10.7. The molecule has 0 saturated carbocycles. The SMILES string of the molecule is COC(=O)N(CCN1CCS(=O)(=O)CC1)CCN1[C@@H]2CC[C@H]1C[C@@H](NC(=O)c1cc3ccccc3n(C(C)C)c1=O)C2. The topological polar surface area (TPSA) is 121 Å². The Kier molecular flexibility index (Phi) is 9.24. The number of hydrogen-bond acceptors (Lipinski definition) is 8. The number of amides is 2. The molecule has 4 heterocycles. The highest BCUT2D eigenvalue weighted by Crippen LogP contribution is 2.35. The summed E-state index contributed by atoms with van der Waals surface area (Å²) in [6.07, 6.45) is 3.29. The minimum Gasteiger partial charge on any atom is -0.453 e. The molecule has 0 radical (unpaired) electrons. The largest absolute Gasteiger partial charge is 0.453 e. The minimum absolute atomic E-state index is 0.0169. The number of para-hydroxylation sites is 1. The van der Waals surface area contributed by atoms with Crippen molar-refractivity contribution < 1.29 is 22.7 Å². The first-order valence-corrected chi connectivity index (χ1v) is 16.8. The number of fused-ring (bicyclic) bond motifs is 3. The van der Waals surface area contributed by atoms with Crippen molar-refractivity contribution in [2.24, 2.45) is 0 Å². The number of benzene rings is 1. The fraction of sp³-hybridized carbons (Fsp3) is 0.633. The average Bonchev–Trinajstić information content (AvgIpc) is 3.19. The molecule has 1 aromatic heterocycles. The maximum atomic E-state index is 13.4. The Bertz CT molecular complexity index is 1450. The van der Waals surface area contributed by atoms with E-state index in [0.717, 1.165) is 36.6 Å². The van der Waals surface area contributed by atoms with Gasteiger partial charge in [0.05, 0.1) is 24.1 Å². The van der Waals surface area contributed by atoms with Crippen LogP contribution in [0.4, 0.5) is 4.79 Å². The summed E-state index contributed by atoms with van der Waals surface area (Å²) in [5.41, 5.74) is 0.734. The van der Waals surface area contributed by atoms with Crippen LogP contribution in [0.3, 0.4) is 0 Å². The lowest BCUT2D eigenvalue weighted by atomic mass is 9.96. The zero-order valence-electron chi connectivity index (χ0n) is 24.8. The van der Waals surface area contributed by atoms with Crippen LogP contribution in [0.2, 0.25) is 0 Å². The number of nitrogens with one attached hydrogen (secondary N) is 1. The average molecular weight is 602 g/mol. The van der Waals surface area contributed by atoms with E-state index in [1.807, 2.05) is 38.1 Å². The fourth-order valence-corrected chi connectivity index (χ4v) is 8.15. The highest BCUT2D eigenvalue weighted by atomic mass is 32.2. The number of carbonyl (C=O) groups excluding carboxylic acids is 2. The van der Waals surface area contributed by atoms with E-state index in [1.165, 1.54) is 7.11 Å². The lowest BCUT2D eigenvalue weighted by Gasteiger charge is -2.40. The van der Waals surface area contributed by atoms with Crippen molar-refractivity contribution in [3.05, 3.63) is 46.2 Å². The highest BCUT2D eigenvalue weighted by molar-refractivity contribution is 7.91.